The number of hydrogen-bond acceptors (Lipinski definition) is 1. The number of hydrogen-bond donors (Lipinski definition) is 1. The van der Waals surface area contributed by atoms with Gasteiger partial charge in [0.25, 0.3) is 0 Å². The Morgan fingerprint density at radius 1 is 1.05 bits per heavy atom. The topological polar surface area (TPSA) is 12.0 Å². The van der Waals surface area contributed by atoms with Crippen LogP contribution in [0.2, 0.25) is 0 Å². The zero-order valence-electron chi connectivity index (χ0n) is 13.7. The van der Waals surface area contributed by atoms with Gasteiger partial charge in [0.2, 0.25) is 0 Å². The van der Waals surface area contributed by atoms with E-state index in [0.29, 0.717) is 5.41 Å². The van der Waals surface area contributed by atoms with Gasteiger partial charge >= 0.3 is 0 Å². The Morgan fingerprint density at radius 3 is 2.30 bits per heavy atom. The third kappa shape index (κ3) is 2.73. The molecule has 1 N–H and O–H groups in total. The van der Waals surface area contributed by atoms with Gasteiger partial charge in [-0.15, -0.1) is 0 Å². The minimum Gasteiger partial charge on any atom is -0.365 e. The smallest absolute Gasteiger partial charge is 0.0212 e. The summed E-state index contributed by atoms with van der Waals surface area (Å²) in [6.45, 7) is 9.70. The minimum atomic E-state index is 0.304. The molecular weight excluding hydrogens is 242 g/mol. The summed E-state index contributed by atoms with van der Waals surface area (Å²) in [6.07, 6.45) is 17.4. The zero-order chi connectivity index (χ0) is 14.6. The summed E-state index contributed by atoms with van der Waals surface area (Å²) in [5.74, 6) is 2.46. The van der Waals surface area contributed by atoms with Crippen LogP contribution in [0.25, 0.3) is 0 Å². The lowest BCUT2D eigenvalue weighted by Crippen LogP contribution is -2.44. The highest BCUT2D eigenvalue weighted by Gasteiger charge is 2.45. The lowest BCUT2D eigenvalue weighted by Gasteiger charge is -2.49. The Morgan fingerprint density at radius 2 is 1.70 bits per heavy atom. The van der Waals surface area contributed by atoms with E-state index in [-0.39, 0.29) is 0 Å². The molecule has 112 valence electrons. The van der Waals surface area contributed by atoms with Crippen LogP contribution in [0, 0.1) is 23.2 Å². The molecule has 0 aromatic rings. The van der Waals surface area contributed by atoms with E-state index in [4.69, 9.17) is 0 Å². The molecule has 2 atom stereocenters. The Balaban J connectivity index is 2.39. The SMILES string of the molecule is CCC(CC)(C1=CC=CC=CN1)C1C(C)CCCC1C. The summed E-state index contributed by atoms with van der Waals surface area (Å²) in [6, 6.07) is 0. The van der Waals surface area contributed by atoms with Gasteiger partial charge in [0.1, 0.15) is 0 Å². The van der Waals surface area contributed by atoms with Crippen LogP contribution in [-0.4, -0.2) is 0 Å². The standard InChI is InChI=1S/C19H31N/c1-5-19(6-2,17-13-8-7-9-14-20-17)18-15(3)11-10-12-16(18)4/h7-9,13-16,18,20H,5-6,10-12H2,1-4H3. The van der Waals surface area contributed by atoms with Gasteiger partial charge in [0.15, 0.2) is 0 Å². The second-order valence-corrected chi connectivity index (χ2v) is 6.74. The van der Waals surface area contributed by atoms with E-state index >= 15 is 0 Å². The van der Waals surface area contributed by atoms with Crippen LogP contribution < -0.4 is 5.32 Å². The molecule has 1 heterocycles. The molecule has 1 heteroatoms. The fourth-order valence-electron chi connectivity index (χ4n) is 4.82. The van der Waals surface area contributed by atoms with Crippen molar-refractivity contribution >= 4 is 0 Å². The number of allylic oxidation sites excluding steroid dienone is 5. The van der Waals surface area contributed by atoms with E-state index in [1.165, 1.54) is 37.8 Å². The van der Waals surface area contributed by atoms with Gasteiger partial charge in [0, 0.05) is 17.3 Å². The van der Waals surface area contributed by atoms with Crippen molar-refractivity contribution in [3.05, 3.63) is 36.2 Å². The van der Waals surface area contributed by atoms with Crippen molar-refractivity contribution in [3.8, 4) is 0 Å². The van der Waals surface area contributed by atoms with Crippen molar-refractivity contribution in [2.24, 2.45) is 23.2 Å². The molecule has 20 heavy (non-hydrogen) atoms. The highest BCUT2D eigenvalue weighted by Crippen LogP contribution is 2.52. The van der Waals surface area contributed by atoms with Crippen LogP contribution in [0.4, 0.5) is 0 Å². The van der Waals surface area contributed by atoms with Gasteiger partial charge in [-0.05, 0) is 42.7 Å². The van der Waals surface area contributed by atoms with E-state index in [9.17, 15) is 0 Å². The van der Waals surface area contributed by atoms with Crippen molar-refractivity contribution in [2.75, 3.05) is 0 Å². The molecule has 1 aliphatic carbocycles. The van der Waals surface area contributed by atoms with Gasteiger partial charge in [-0.25, -0.2) is 0 Å². The van der Waals surface area contributed by atoms with Crippen LogP contribution in [0.5, 0.6) is 0 Å². The molecular formula is C19H31N. The van der Waals surface area contributed by atoms with Crippen LogP contribution in [0.1, 0.15) is 59.8 Å². The predicted octanol–water partition coefficient (Wildman–Crippen LogP) is 5.42. The lowest BCUT2D eigenvalue weighted by atomic mass is 9.56. The van der Waals surface area contributed by atoms with E-state index in [0.717, 1.165) is 17.8 Å². The fraction of sp³-hybridized carbons (Fsp3) is 0.684. The van der Waals surface area contributed by atoms with Crippen molar-refractivity contribution < 1.29 is 0 Å². The maximum Gasteiger partial charge on any atom is 0.0212 e. The molecule has 0 saturated heterocycles. The molecule has 0 aromatic carbocycles. The maximum absolute atomic E-state index is 3.58. The van der Waals surface area contributed by atoms with Crippen molar-refractivity contribution in [1.82, 2.24) is 5.32 Å². The number of nitrogens with one attached hydrogen (secondary N) is 1. The first-order chi connectivity index (χ1) is 9.65. The highest BCUT2D eigenvalue weighted by atomic mass is 14.9. The van der Waals surface area contributed by atoms with Crippen molar-refractivity contribution in [3.63, 3.8) is 0 Å². The van der Waals surface area contributed by atoms with Crippen molar-refractivity contribution in [1.29, 1.82) is 0 Å². The van der Waals surface area contributed by atoms with Crippen molar-refractivity contribution in [2.45, 2.75) is 59.8 Å². The maximum atomic E-state index is 3.58. The van der Waals surface area contributed by atoms with Crippen LogP contribution in [0.3, 0.4) is 0 Å². The summed E-state index contributed by atoms with van der Waals surface area (Å²) in [5, 5.41) is 3.58. The van der Waals surface area contributed by atoms with Crippen LogP contribution >= 0.6 is 0 Å². The molecule has 0 radical (unpaired) electrons. The molecule has 1 fully saturated rings. The molecule has 0 aromatic heterocycles. The van der Waals surface area contributed by atoms with E-state index in [2.05, 4.69) is 63.5 Å². The predicted molar refractivity (Wildman–Crippen MR) is 88.2 cm³/mol. The van der Waals surface area contributed by atoms with Gasteiger partial charge in [-0.2, -0.15) is 0 Å². The van der Waals surface area contributed by atoms with Gasteiger partial charge in [-0.3, -0.25) is 0 Å². The molecule has 0 amide bonds. The van der Waals surface area contributed by atoms with E-state index in [1.54, 1.807) is 0 Å². The minimum absolute atomic E-state index is 0.304. The summed E-state index contributed by atoms with van der Waals surface area (Å²) in [5.41, 5.74) is 1.73. The van der Waals surface area contributed by atoms with E-state index in [1.807, 2.05) is 0 Å². The summed E-state index contributed by atoms with van der Waals surface area (Å²) in [4.78, 5) is 0. The first-order valence-electron chi connectivity index (χ1n) is 8.46. The second-order valence-electron chi connectivity index (χ2n) is 6.74. The Hall–Kier alpha value is -0.980. The molecule has 0 spiro atoms. The molecule has 2 unspecified atom stereocenters. The molecule has 2 rings (SSSR count). The Labute approximate surface area is 125 Å². The first-order valence-corrected chi connectivity index (χ1v) is 8.46. The Bertz CT molecular complexity index is 388. The van der Waals surface area contributed by atoms with Gasteiger partial charge in [-0.1, -0.05) is 59.1 Å². The van der Waals surface area contributed by atoms with Gasteiger partial charge < -0.3 is 5.32 Å². The average molecular weight is 273 g/mol. The number of rotatable bonds is 4. The quantitative estimate of drug-likeness (QED) is 0.721. The molecule has 0 bridgehead atoms. The zero-order valence-corrected chi connectivity index (χ0v) is 13.7. The lowest BCUT2D eigenvalue weighted by molar-refractivity contribution is 0.0418. The second kappa shape index (κ2) is 6.65. The molecule has 1 saturated carbocycles. The van der Waals surface area contributed by atoms with Gasteiger partial charge in [0.05, 0.1) is 0 Å². The summed E-state index contributed by atoms with van der Waals surface area (Å²) in [7, 11) is 0. The third-order valence-corrected chi connectivity index (χ3v) is 5.80. The Kier molecular flexibility index (Phi) is 5.12. The van der Waals surface area contributed by atoms with Crippen LogP contribution in [-0.2, 0) is 0 Å². The summed E-state index contributed by atoms with van der Waals surface area (Å²) < 4.78 is 0. The largest absolute Gasteiger partial charge is 0.365 e. The van der Waals surface area contributed by atoms with E-state index < -0.39 is 0 Å². The average Bonchev–Trinajstić information content (AvgIpc) is 2.73. The molecule has 1 aliphatic heterocycles. The first kappa shape index (κ1) is 15.4. The fourth-order valence-corrected chi connectivity index (χ4v) is 4.82. The van der Waals surface area contributed by atoms with Crippen LogP contribution in [0.15, 0.2) is 36.2 Å². The third-order valence-electron chi connectivity index (χ3n) is 5.80. The highest BCUT2D eigenvalue weighted by molar-refractivity contribution is 5.27. The monoisotopic (exact) mass is 273 g/mol. The molecule has 2 aliphatic rings. The molecule has 1 nitrogen and oxygen atoms in total. The summed E-state index contributed by atoms with van der Waals surface area (Å²) >= 11 is 0. The normalized spacial score (nSPS) is 30.6.